The summed E-state index contributed by atoms with van der Waals surface area (Å²) in [6, 6.07) is 7.97. The predicted octanol–water partition coefficient (Wildman–Crippen LogP) is 2.26. The van der Waals surface area contributed by atoms with E-state index in [9.17, 15) is 4.79 Å². The molecule has 1 rings (SSSR count). The summed E-state index contributed by atoms with van der Waals surface area (Å²) in [5, 5.41) is 4.05. The number of amides is 1. The largest absolute Gasteiger partial charge is 0.370 e. The van der Waals surface area contributed by atoms with Gasteiger partial charge in [-0.05, 0) is 37.6 Å². The van der Waals surface area contributed by atoms with E-state index in [0.717, 1.165) is 23.6 Å². The van der Waals surface area contributed by atoms with Crippen molar-refractivity contribution in [1.82, 2.24) is 5.32 Å². The lowest BCUT2D eigenvalue weighted by atomic mass is 10.1. The highest BCUT2D eigenvalue weighted by atomic mass is 35.5. The quantitative estimate of drug-likeness (QED) is 0.750. The Hall–Kier alpha value is -1.06. The van der Waals surface area contributed by atoms with E-state index in [1.54, 1.807) is 0 Å². The number of nitrogens with two attached hydrogens (primary N) is 1. The number of hydrogen-bond donors (Lipinski definition) is 2. The third-order valence-electron chi connectivity index (χ3n) is 2.40. The van der Waals surface area contributed by atoms with Gasteiger partial charge in [0.2, 0.25) is 5.91 Å². The molecular formula is C12H17ClN2O. The lowest BCUT2D eigenvalue weighted by Gasteiger charge is -2.14. The summed E-state index contributed by atoms with van der Waals surface area (Å²) >= 11 is 5.90. The van der Waals surface area contributed by atoms with Crippen molar-refractivity contribution in [2.75, 3.05) is 6.54 Å². The van der Waals surface area contributed by atoms with Crippen LogP contribution < -0.4 is 11.1 Å². The average molecular weight is 241 g/mol. The molecule has 1 unspecified atom stereocenters. The van der Waals surface area contributed by atoms with Crippen molar-refractivity contribution in [3.63, 3.8) is 0 Å². The van der Waals surface area contributed by atoms with Crippen molar-refractivity contribution in [2.45, 2.75) is 25.8 Å². The minimum atomic E-state index is -0.253. The molecule has 16 heavy (non-hydrogen) atoms. The highest BCUT2D eigenvalue weighted by Gasteiger charge is 2.04. The van der Waals surface area contributed by atoms with Gasteiger partial charge in [-0.25, -0.2) is 0 Å². The molecule has 3 nitrogen and oxygen atoms in total. The second kappa shape index (κ2) is 6.51. The number of carbonyl (C=O) groups excluding carboxylic acids is 1. The van der Waals surface area contributed by atoms with Crippen molar-refractivity contribution in [1.29, 1.82) is 0 Å². The van der Waals surface area contributed by atoms with Crippen molar-refractivity contribution >= 4 is 17.5 Å². The Labute approximate surface area is 101 Å². The minimum absolute atomic E-state index is 0.228. The molecule has 0 saturated heterocycles. The predicted molar refractivity (Wildman–Crippen MR) is 66.3 cm³/mol. The summed E-state index contributed by atoms with van der Waals surface area (Å²) in [5.41, 5.74) is 6.20. The van der Waals surface area contributed by atoms with Crippen molar-refractivity contribution in [2.24, 2.45) is 5.73 Å². The van der Waals surface area contributed by atoms with Crippen LogP contribution in [0, 0.1) is 0 Å². The fraction of sp³-hybridized carbons (Fsp3) is 0.417. The van der Waals surface area contributed by atoms with Crippen LogP contribution in [-0.4, -0.2) is 12.5 Å². The summed E-state index contributed by atoms with van der Waals surface area (Å²) in [7, 11) is 0. The zero-order valence-corrected chi connectivity index (χ0v) is 10.1. The van der Waals surface area contributed by atoms with E-state index in [2.05, 4.69) is 12.2 Å². The number of halogens is 1. The Bertz CT molecular complexity index is 355. The highest BCUT2D eigenvalue weighted by molar-refractivity contribution is 6.30. The molecule has 0 aliphatic rings. The molecular weight excluding hydrogens is 224 g/mol. The van der Waals surface area contributed by atoms with Gasteiger partial charge in [0.05, 0.1) is 0 Å². The van der Waals surface area contributed by atoms with Crippen LogP contribution >= 0.6 is 11.6 Å². The van der Waals surface area contributed by atoms with Crippen LogP contribution in [0.1, 0.15) is 31.4 Å². The van der Waals surface area contributed by atoms with Gasteiger partial charge in [-0.1, -0.05) is 23.7 Å². The molecule has 88 valence electrons. The van der Waals surface area contributed by atoms with Gasteiger partial charge in [0.1, 0.15) is 0 Å². The molecule has 4 heteroatoms. The molecule has 1 aromatic rings. The lowest BCUT2D eigenvalue weighted by Crippen LogP contribution is -2.21. The van der Waals surface area contributed by atoms with Crippen molar-refractivity contribution < 1.29 is 4.79 Å². The SMILES string of the molecule is CC(NCCCC(N)=O)c1cccc(Cl)c1. The molecule has 3 N–H and O–H groups in total. The minimum Gasteiger partial charge on any atom is -0.370 e. The van der Waals surface area contributed by atoms with Crippen LogP contribution in [0.25, 0.3) is 0 Å². The Morgan fingerprint density at radius 3 is 2.94 bits per heavy atom. The molecule has 1 amide bonds. The van der Waals surface area contributed by atoms with E-state index in [0.29, 0.717) is 6.42 Å². The fourth-order valence-electron chi connectivity index (χ4n) is 1.47. The average Bonchev–Trinajstić information content (AvgIpc) is 2.24. The number of rotatable bonds is 6. The first-order valence-electron chi connectivity index (χ1n) is 5.36. The van der Waals surface area contributed by atoms with Crippen LogP contribution in [0.15, 0.2) is 24.3 Å². The normalized spacial score (nSPS) is 12.4. The zero-order chi connectivity index (χ0) is 12.0. The third kappa shape index (κ3) is 4.64. The summed E-state index contributed by atoms with van der Waals surface area (Å²) in [6.45, 7) is 2.84. The maximum absolute atomic E-state index is 10.5. The van der Waals surface area contributed by atoms with E-state index in [1.807, 2.05) is 24.3 Å². The van der Waals surface area contributed by atoms with Gasteiger partial charge in [-0.3, -0.25) is 4.79 Å². The van der Waals surface area contributed by atoms with Gasteiger partial charge in [0.15, 0.2) is 0 Å². The van der Waals surface area contributed by atoms with Gasteiger partial charge in [0.25, 0.3) is 0 Å². The molecule has 0 fully saturated rings. The summed E-state index contributed by atoms with van der Waals surface area (Å²) < 4.78 is 0. The summed E-state index contributed by atoms with van der Waals surface area (Å²) in [4.78, 5) is 10.5. The van der Waals surface area contributed by atoms with E-state index >= 15 is 0 Å². The van der Waals surface area contributed by atoms with Crippen molar-refractivity contribution in [3.8, 4) is 0 Å². The van der Waals surface area contributed by atoms with Crippen molar-refractivity contribution in [3.05, 3.63) is 34.9 Å². The fourth-order valence-corrected chi connectivity index (χ4v) is 1.67. The molecule has 0 radical (unpaired) electrons. The van der Waals surface area contributed by atoms with E-state index in [4.69, 9.17) is 17.3 Å². The van der Waals surface area contributed by atoms with Crippen LogP contribution in [-0.2, 0) is 4.79 Å². The van der Waals surface area contributed by atoms with Gasteiger partial charge < -0.3 is 11.1 Å². The van der Waals surface area contributed by atoms with Crippen LogP contribution in [0.5, 0.6) is 0 Å². The molecule has 0 aliphatic carbocycles. The number of carbonyl (C=O) groups is 1. The number of nitrogens with one attached hydrogen (secondary N) is 1. The first-order valence-corrected chi connectivity index (χ1v) is 5.74. The van der Waals surface area contributed by atoms with E-state index in [1.165, 1.54) is 0 Å². The molecule has 0 aliphatic heterocycles. The second-order valence-electron chi connectivity index (χ2n) is 3.80. The highest BCUT2D eigenvalue weighted by Crippen LogP contribution is 2.17. The first-order chi connectivity index (χ1) is 7.59. The monoisotopic (exact) mass is 240 g/mol. The molecule has 0 heterocycles. The standard InChI is InChI=1S/C12H17ClN2O/c1-9(15-7-3-6-12(14)16)10-4-2-5-11(13)8-10/h2,4-5,8-9,15H,3,6-7H2,1H3,(H2,14,16). The maximum Gasteiger partial charge on any atom is 0.217 e. The Morgan fingerprint density at radius 2 is 2.31 bits per heavy atom. The number of primary amides is 1. The summed E-state index contributed by atoms with van der Waals surface area (Å²) in [6.07, 6.45) is 1.19. The number of hydrogen-bond acceptors (Lipinski definition) is 2. The smallest absolute Gasteiger partial charge is 0.217 e. The zero-order valence-electron chi connectivity index (χ0n) is 9.37. The van der Waals surface area contributed by atoms with Crippen LogP contribution in [0.3, 0.4) is 0 Å². The van der Waals surface area contributed by atoms with Crippen LogP contribution in [0.4, 0.5) is 0 Å². The molecule has 1 aromatic carbocycles. The molecule has 0 saturated carbocycles. The van der Waals surface area contributed by atoms with Gasteiger partial charge in [-0.2, -0.15) is 0 Å². The molecule has 0 spiro atoms. The molecule has 0 bridgehead atoms. The lowest BCUT2D eigenvalue weighted by molar-refractivity contribution is -0.118. The van der Waals surface area contributed by atoms with Gasteiger partial charge in [-0.15, -0.1) is 0 Å². The van der Waals surface area contributed by atoms with E-state index in [-0.39, 0.29) is 11.9 Å². The maximum atomic E-state index is 10.5. The van der Waals surface area contributed by atoms with Gasteiger partial charge >= 0.3 is 0 Å². The van der Waals surface area contributed by atoms with Crippen LogP contribution in [0.2, 0.25) is 5.02 Å². The Balaban J connectivity index is 2.35. The Morgan fingerprint density at radius 1 is 1.56 bits per heavy atom. The van der Waals surface area contributed by atoms with E-state index < -0.39 is 0 Å². The molecule has 0 aromatic heterocycles. The Kier molecular flexibility index (Phi) is 5.29. The van der Waals surface area contributed by atoms with Gasteiger partial charge in [0, 0.05) is 17.5 Å². The second-order valence-corrected chi connectivity index (χ2v) is 4.24. The summed E-state index contributed by atoms with van der Waals surface area (Å²) in [5.74, 6) is -0.253. The molecule has 1 atom stereocenters. The first kappa shape index (κ1) is 13.0. The third-order valence-corrected chi connectivity index (χ3v) is 2.63. The topological polar surface area (TPSA) is 55.1 Å². The number of benzene rings is 1.